The number of hydrogen-bond donors (Lipinski definition) is 1. The Morgan fingerprint density at radius 2 is 2.03 bits per heavy atom. The number of imidazole rings is 1. The van der Waals surface area contributed by atoms with Gasteiger partial charge in [0.2, 0.25) is 10.0 Å². The molecule has 1 aliphatic rings. The van der Waals surface area contributed by atoms with Gasteiger partial charge in [-0.25, -0.2) is 22.7 Å². The number of aryl methyl sites for hydroxylation is 2. The van der Waals surface area contributed by atoms with E-state index in [0.717, 1.165) is 41.3 Å². The fourth-order valence-corrected chi connectivity index (χ4v) is 4.49. The maximum atomic E-state index is 12.1. The van der Waals surface area contributed by atoms with E-state index in [1.165, 1.54) is 17.1 Å². The molecule has 0 amide bonds. The molecule has 0 aliphatic heterocycles. The molecule has 0 saturated heterocycles. The van der Waals surface area contributed by atoms with Crippen LogP contribution >= 0.6 is 0 Å². The molecule has 0 radical (unpaired) electrons. The number of sulfonamides is 1. The van der Waals surface area contributed by atoms with Crippen molar-refractivity contribution >= 4 is 26.9 Å². The first kappa shape index (κ1) is 22.0. The van der Waals surface area contributed by atoms with Crippen LogP contribution in [0.4, 0.5) is 5.82 Å². The van der Waals surface area contributed by atoms with E-state index < -0.39 is 15.3 Å². The largest absolute Gasteiger partial charge is 0.382 e. The SMILES string of the molecule is Cc1cc2c(nc(CCC3CC3)n2CCOCCN(C)S(=O)(=O)C(C)C)c(N)n1. The molecule has 2 heterocycles. The van der Waals surface area contributed by atoms with Crippen molar-refractivity contribution in [1.29, 1.82) is 0 Å². The Bertz CT molecular complexity index is 951. The van der Waals surface area contributed by atoms with Gasteiger partial charge in [-0.3, -0.25) is 0 Å². The van der Waals surface area contributed by atoms with Crippen molar-refractivity contribution < 1.29 is 13.2 Å². The summed E-state index contributed by atoms with van der Waals surface area (Å²) in [5.41, 5.74) is 8.71. The summed E-state index contributed by atoms with van der Waals surface area (Å²) >= 11 is 0. The lowest BCUT2D eigenvalue weighted by Gasteiger charge is -2.19. The molecule has 3 rings (SSSR count). The second-order valence-electron chi connectivity index (χ2n) is 8.21. The van der Waals surface area contributed by atoms with Crippen LogP contribution in [0.15, 0.2) is 6.07 Å². The summed E-state index contributed by atoms with van der Waals surface area (Å²) < 4.78 is 33.5. The zero-order valence-electron chi connectivity index (χ0n) is 17.9. The fraction of sp³-hybridized carbons (Fsp3) is 0.700. The lowest BCUT2D eigenvalue weighted by Crippen LogP contribution is -2.35. The van der Waals surface area contributed by atoms with Gasteiger partial charge >= 0.3 is 0 Å². The zero-order valence-corrected chi connectivity index (χ0v) is 18.7. The van der Waals surface area contributed by atoms with Crippen LogP contribution in [-0.2, 0) is 27.7 Å². The molecule has 0 bridgehead atoms. The molecule has 2 N–H and O–H groups in total. The van der Waals surface area contributed by atoms with E-state index in [4.69, 9.17) is 15.5 Å². The van der Waals surface area contributed by atoms with Gasteiger partial charge in [0, 0.05) is 32.3 Å². The molecule has 0 atom stereocenters. The van der Waals surface area contributed by atoms with Gasteiger partial charge in [-0.15, -0.1) is 0 Å². The van der Waals surface area contributed by atoms with Crippen LogP contribution in [0.3, 0.4) is 0 Å². The number of ether oxygens (including phenoxy) is 1. The summed E-state index contributed by atoms with van der Waals surface area (Å²) in [6.07, 6.45) is 4.71. The number of anilines is 1. The molecule has 1 aliphatic carbocycles. The first-order valence-electron chi connectivity index (χ1n) is 10.3. The van der Waals surface area contributed by atoms with E-state index in [2.05, 4.69) is 9.55 Å². The van der Waals surface area contributed by atoms with Crippen LogP contribution < -0.4 is 5.73 Å². The Morgan fingerprint density at radius 3 is 2.69 bits per heavy atom. The summed E-state index contributed by atoms with van der Waals surface area (Å²) in [4.78, 5) is 9.10. The van der Waals surface area contributed by atoms with Crippen molar-refractivity contribution in [3.05, 3.63) is 17.6 Å². The summed E-state index contributed by atoms with van der Waals surface area (Å²) in [5, 5.41) is -0.429. The molecule has 8 nitrogen and oxygen atoms in total. The van der Waals surface area contributed by atoms with E-state index in [-0.39, 0.29) is 0 Å². The molecule has 29 heavy (non-hydrogen) atoms. The Hall–Kier alpha value is -1.71. The normalized spacial score (nSPS) is 15.1. The average Bonchev–Trinajstić information content (AvgIpc) is 3.41. The molecular weight excluding hydrogens is 390 g/mol. The lowest BCUT2D eigenvalue weighted by atomic mass is 10.2. The number of nitrogens with zero attached hydrogens (tertiary/aromatic N) is 4. The molecular formula is C20H33N5O3S. The van der Waals surface area contributed by atoms with E-state index in [9.17, 15) is 8.42 Å². The standard InChI is InChI=1S/C20H33N5O3S/c1-14(2)29(26,27)24(4)9-11-28-12-10-25-17-13-15(3)22-20(21)19(17)23-18(25)8-7-16-5-6-16/h13-14,16H,5-12H2,1-4H3,(H2,21,22). The minimum atomic E-state index is -3.24. The van der Waals surface area contributed by atoms with Crippen LogP contribution in [0.2, 0.25) is 0 Å². The molecule has 0 aromatic carbocycles. The van der Waals surface area contributed by atoms with Gasteiger partial charge in [0.25, 0.3) is 0 Å². The van der Waals surface area contributed by atoms with Gasteiger partial charge in [0.1, 0.15) is 11.3 Å². The molecule has 9 heteroatoms. The maximum Gasteiger partial charge on any atom is 0.216 e. The van der Waals surface area contributed by atoms with E-state index in [0.29, 0.717) is 32.1 Å². The molecule has 1 fully saturated rings. The van der Waals surface area contributed by atoms with Gasteiger partial charge in [0.05, 0.1) is 24.0 Å². The Kier molecular flexibility index (Phi) is 6.80. The minimum absolute atomic E-state index is 0.343. The summed E-state index contributed by atoms with van der Waals surface area (Å²) in [6, 6.07) is 2.02. The third-order valence-electron chi connectivity index (χ3n) is 5.48. The molecule has 1 saturated carbocycles. The van der Waals surface area contributed by atoms with Crippen molar-refractivity contribution in [2.45, 2.75) is 58.2 Å². The molecule has 162 valence electrons. The summed E-state index contributed by atoms with van der Waals surface area (Å²) in [6.45, 7) is 7.13. The predicted molar refractivity (Wildman–Crippen MR) is 115 cm³/mol. The highest BCUT2D eigenvalue weighted by molar-refractivity contribution is 7.89. The second kappa shape index (κ2) is 8.97. The molecule has 0 unspecified atom stereocenters. The number of pyridine rings is 1. The molecule has 0 spiro atoms. The number of aromatic nitrogens is 3. The smallest absolute Gasteiger partial charge is 0.216 e. The quantitative estimate of drug-likeness (QED) is 0.557. The minimum Gasteiger partial charge on any atom is -0.382 e. The Balaban J connectivity index is 1.63. The highest BCUT2D eigenvalue weighted by Gasteiger charge is 2.23. The number of nitrogen functional groups attached to an aromatic ring is 1. The van der Waals surface area contributed by atoms with Crippen LogP contribution in [0, 0.1) is 12.8 Å². The van der Waals surface area contributed by atoms with Crippen LogP contribution in [0.1, 0.15) is 44.6 Å². The van der Waals surface area contributed by atoms with Gasteiger partial charge in [-0.05, 0) is 39.2 Å². The zero-order chi connectivity index (χ0) is 21.2. The van der Waals surface area contributed by atoms with Crippen LogP contribution in [0.5, 0.6) is 0 Å². The topological polar surface area (TPSA) is 103 Å². The number of likely N-dealkylation sites (N-methyl/N-ethyl adjacent to an activating group) is 1. The first-order chi connectivity index (χ1) is 13.7. The predicted octanol–water partition coefficient (Wildman–Crippen LogP) is 2.35. The monoisotopic (exact) mass is 423 g/mol. The fourth-order valence-electron chi connectivity index (χ4n) is 3.44. The Morgan fingerprint density at radius 1 is 1.31 bits per heavy atom. The third-order valence-corrected chi connectivity index (χ3v) is 7.73. The van der Waals surface area contributed by atoms with E-state index >= 15 is 0 Å². The summed E-state index contributed by atoms with van der Waals surface area (Å²) in [7, 11) is -1.65. The number of nitrogens with two attached hydrogens (primary N) is 1. The van der Waals surface area contributed by atoms with Gasteiger partial charge in [-0.2, -0.15) is 0 Å². The third kappa shape index (κ3) is 5.26. The lowest BCUT2D eigenvalue weighted by molar-refractivity contribution is 0.119. The van der Waals surface area contributed by atoms with Crippen molar-refractivity contribution in [2.75, 3.05) is 32.5 Å². The number of rotatable bonds is 11. The second-order valence-corrected chi connectivity index (χ2v) is 10.8. The Labute approximate surface area is 173 Å². The number of hydrogen-bond acceptors (Lipinski definition) is 6. The van der Waals surface area contributed by atoms with Crippen molar-refractivity contribution in [1.82, 2.24) is 18.8 Å². The highest BCUT2D eigenvalue weighted by atomic mass is 32.2. The maximum absolute atomic E-state index is 12.1. The average molecular weight is 424 g/mol. The van der Waals surface area contributed by atoms with E-state index in [1.54, 1.807) is 20.9 Å². The number of fused-ring (bicyclic) bond motifs is 1. The molecule has 2 aromatic heterocycles. The first-order valence-corrected chi connectivity index (χ1v) is 11.9. The van der Waals surface area contributed by atoms with Crippen LogP contribution in [-0.4, -0.2) is 59.3 Å². The highest BCUT2D eigenvalue weighted by Crippen LogP contribution is 2.34. The van der Waals surface area contributed by atoms with Gasteiger partial charge in [-0.1, -0.05) is 12.8 Å². The summed E-state index contributed by atoms with van der Waals surface area (Å²) in [5.74, 6) is 2.32. The van der Waals surface area contributed by atoms with Gasteiger partial charge < -0.3 is 15.0 Å². The van der Waals surface area contributed by atoms with Crippen molar-refractivity contribution in [3.63, 3.8) is 0 Å². The van der Waals surface area contributed by atoms with Crippen molar-refractivity contribution in [3.8, 4) is 0 Å². The van der Waals surface area contributed by atoms with Crippen molar-refractivity contribution in [2.24, 2.45) is 5.92 Å². The van der Waals surface area contributed by atoms with Crippen LogP contribution in [0.25, 0.3) is 11.0 Å². The van der Waals surface area contributed by atoms with E-state index in [1.807, 2.05) is 13.0 Å². The van der Waals surface area contributed by atoms with Gasteiger partial charge in [0.15, 0.2) is 5.82 Å². The molecule has 2 aromatic rings.